The fourth-order valence-corrected chi connectivity index (χ4v) is 3.47. The Labute approximate surface area is 184 Å². The number of aromatic hydroxyl groups is 1. The predicted molar refractivity (Wildman–Crippen MR) is 116 cm³/mol. The quantitative estimate of drug-likeness (QED) is 0.285. The minimum atomic E-state index is -0.535. The number of phenolic OH excluding ortho intramolecular Hbond substituents is 1. The van der Waals surface area contributed by atoms with Gasteiger partial charge in [-0.2, -0.15) is 4.40 Å². The van der Waals surface area contributed by atoms with E-state index in [0.29, 0.717) is 18.5 Å². The predicted octanol–water partition coefficient (Wildman–Crippen LogP) is 2.49. The van der Waals surface area contributed by atoms with Crippen molar-refractivity contribution in [2.45, 2.75) is 13.3 Å². The van der Waals surface area contributed by atoms with Gasteiger partial charge in [0, 0.05) is 30.4 Å². The van der Waals surface area contributed by atoms with Gasteiger partial charge in [0.15, 0.2) is 12.4 Å². The molecule has 8 nitrogen and oxygen atoms in total. The second-order valence-electron chi connectivity index (χ2n) is 6.80. The van der Waals surface area contributed by atoms with Gasteiger partial charge in [0.1, 0.15) is 11.5 Å². The van der Waals surface area contributed by atoms with Gasteiger partial charge in [-0.25, -0.2) is 4.79 Å². The lowest BCUT2D eigenvalue weighted by Crippen LogP contribution is -2.32. The van der Waals surface area contributed by atoms with Gasteiger partial charge in [0.05, 0.1) is 18.7 Å². The molecule has 0 bridgehead atoms. The molecule has 0 radical (unpaired) electrons. The average Bonchev–Trinajstić information content (AvgIpc) is 3.06. The maximum atomic E-state index is 12.8. The van der Waals surface area contributed by atoms with Crippen LogP contribution in [0.2, 0.25) is 0 Å². The van der Waals surface area contributed by atoms with Gasteiger partial charge in [-0.15, -0.1) is 0 Å². The van der Waals surface area contributed by atoms with Gasteiger partial charge in [0.2, 0.25) is 0 Å². The summed E-state index contributed by atoms with van der Waals surface area (Å²) in [6, 6.07) is 4.11. The second-order valence-corrected chi connectivity index (χ2v) is 7.34. The van der Waals surface area contributed by atoms with Gasteiger partial charge >= 0.3 is 5.97 Å². The topological polar surface area (TPSA) is 106 Å². The van der Waals surface area contributed by atoms with Crippen LogP contribution in [0.25, 0.3) is 0 Å². The summed E-state index contributed by atoms with van der Waals surface area (Å²) >= 11 is 1.30. The summed E-state index contributed by atoms with van der Waals surface area (Å²) in [5.41, 5.74) is 2.38. The molecular formula is C22H22N2O6S. The molecule has 0 spiro atoms. The zero-order valence-corrected chi connectivity index (χ0v) is 18.0. The van der Waals surface area contributed by atoms with E-state index in [9.17, 15) is 19.5 Å². The molecule has 31 heavy (non-hydrogen) atoms. The van der Waals surface area contributed by atoms with E-state index in [2.05, 4.69) is 10.3 Å². The van der Waals surface area contributed by atoms with Crippen LogP contribution in [0.1, 0.15) is 23.7 Å². The number of carbonyl (C=O) groups excluding carboxylic acids is 3. The molecule has 1 amide bonds. The molecule has 1 heterocycles. The third-order valence-electron chi connectivity index (χ3n) is 4.68. The molecule has 2 aliphatic rings. The van der Waals surface area contributed by atoms with Gasteiger partial charge in [-0.1, -0.05) is 0 Å². The number of ketones is 1. The molecule has 1 N–H and O–H groups in total. The van der Waals surface area contributed by atoms with Crippen molar-refractivity contribution in [3.8, 4) is 11.5 Å². The first-order valence-electron chi connectivity index (χ1n) is 9.62. The highest BCUT2D eigenvalue weighted by Gasteiger charge is 2.32. The summed E-state index contributed by atoms with van der Waals surface area (Å²) in [4.78, 5) is 38.4. The zero-order chi connectivity index (χ0) is 22.4. The van der Waals surface area contributed by atoms with E-state index in [1.165, 1.54) is 35.0 Å². The van der Waals surface area contributed by atoms with Crippen molar-refractivity contribution in [3.63, 3.8) is 0 Å². The fraction of sp³-hybridized carbons (Fsp3) is 0.318. The highest BCUT2D eigenvalue weighted by molar-refractivity contribution is 7.97. The number of hydrogen-bond acceptors (Lipinski definition) is 8. The third kappa shape index (κ3) is 5.45. The van der Waals surface area contributed by atoms with Crippen molar-refractivity contribution in [2.24, 2.45) is 4.40 Å². The number of benzene rings is 1. The van der Waals surface area contributed by atoms with Gasteiger partial charge in [-0.3, -0.25) is 9.59 Å². The monoisotopic (exact) mass is 442 g/mol. The van der Waals surface area contributed by atoms with Crippen molar-refractivity contribution >= 4 is 35.5 Å². The summed E-state index contributed by atoms with van der Waals surface area (Å²) in [6.07, 6.45) is 5.92. The Morgan fingerprint density at radius 1 is 1.32 bits per heavy atom. The van der Waals surface area contributed by atoms with E-state index in [4.69, 9.17) is 9.47 Å². The van der Waals surface area contributed by atoms with Crippen molar-refractivity contribution < 1.29 is 29.0 Å². The summed E-state index contributed by atoms with van der Waals surface area (Å²) in [5, 5.41) is 10.1. The molecule has 0 saturated heterocycles. The smallest absolute Gasteiger partial charge is 0.344 e. The van der Waals surface area contributed by atoms with E-state index >= 15 is 0 Å². The minimum absolute atomic E-state index is 0.0160. The lowest BCUT2D eigenvalue weighted by Gasteiger charge is -2.16. The Morgan fingerprint density at radius 2 is 2.13 bits per heavy atom. The number of rotatable bonds is 8. The molecule has 162 valence electrons. The maximum absolute atomic E-state index is 12.8. The maximum Gasteiger partial charge on any atom is 0.344 e. The van der Waals surface area contributed by atoms with Crippen LogP contribution in [0.5, 0.6) is 11.5 Å². The first-order chi connectivity index (χ1) is 14.9. The van der Waals surface area contributed by atoms with Crippen molar-refractivity contribution in [1.82, 2.24) is 4.90 Å². The van der Waals surface area contributed by atoms with Crippen LogP contribution in [-0.4, -0.2) is 66.1 Å². The number of esters is 1. The van der Waals surface area contributed by atoms with Crippen molar-refractivity contribution in [3.05, 3.63) is 52.6 Å². The van der Waals surface area contributed by atoms with Crippen LogP contribution in [0.3, 0.4) is 0 Å². The molecule has 0 unspecified atom stereocenters. The van der Waals surface area contributed by atoms with E-state index in [1.54, 1.807) is 19.1 Å². The van der Waals surface area contributed by atoms with Crippen LogP contribution in [-0.2, 0) is 14.3 Å². The van der Waals surface area contributed by atoms with Crippen LogP contribution in [0, 0.1) is 0 Å². The Kier molecular flexibility index (Phi) is 7.33. The Balaban J connectivity index is 1.67. The lowest BCUT2D eigenvalue weighted by atomic mass is 9.97. The molecule has 1 aromatic rings. The SMILES string of the molecule is CCOC(=O)COc1ccc(O)c(C(=O)CN2CC3=C(C=CC(=C=NSC)C3)C2=O)c1. The number of ether oxygens (including phenoxy) is 2. The second kappa shape index (κ2) is 10.1. The van der Waals surface area contributed by atoms with E-state index in [0.717, 1.165) is 11.1 Å². The molecule has 1 aliphatic heterocycles. The van der Waals surface area contributed by atoms with Crippen LogP contribution < -0.4 is 4.74 Å². The highest BCUT2D eigenvalue weighted by atomic mass is 32.2. The third-order valence-corrected chi connectivity index (χ3v) is 4.95. The Hall–Kier alpha value is -3.29. The highest BCUT2D eigenvalue weighted by Crippen LogP contribution is 2.30. The summed E-state index contributed by atoms with van der Waals surface area (Å²) < 4.78 is 14.1. The summed E-state index contributed by atoms with van der Waals surface area (Å²) in [6.45, 7) is 1.75. The molecule has 0 fully saturated rings. The number of hydrogen-bond donors (Lipinski definition) is 1. The van der Waals surface area contributed by atoms with E-state index in [1.807, 2.05) is 6.26 Å². The first kappa shape index (κ1) is 22.4. The van der Waals surface area contributed by atoms with Gasteiger partial charge < -0.3 is 19.5 Å². The first-order valence-corrected chi connectivity index (χ1v) is 10.8. The number of nitrogens with zero attached hydrogens (tertiary/aromatic N) is 2. The van der Waals surface area contributed by atoms with Crippen LogP contribution in [0.15, 0.2) is 51.5 Å². The molecule has 9 heteroatoms. The van der Waals surface area contributed by atoms with Gasteiger partial charge in [-0.05, 0) is 60.7 Å². The largest absolute Gasteiger partial charge is 0.507 e. The number of amides is 1. The number of carbonyl (C=O) groups is 3. The lowest BCUT2D eigenvalue weighted by molar-refractivity contribution is -0.145. The normalized spacial score (nSPS) is 15.0. The molecule has 1 aliphatic carbocycles. The summed E-state index contributed by atoms with van der Waals surface area (Å²) in [5.74, 6) is 1.75. The van der Waals surface area contributed by atoms with Crippen LogP contribution in [0.4, 0.5) is 0 Å². The number of Topliss-reactive ketones (excluding diaryl/α,β-unsaturated/α-hetero) is 1. The number of phenols is 1. The molecule has 0 aromatic heterocycles. The summed E-state index contributed by atoms with van der Waals surface area (Å²) in [7, 11) is 0. The standard InChI is InChI=1S/C22H22N2O6S/c1-3-29-21(27)13-30-16-5-7-19(25)18(9-16)20(26)12-24-11-15-8-14(10-23-31-2)4-6-17(15)22(24)28/h4-7,9,25H,3,8,11-13H2,1-2H3. The molecule has 0 saturated carbocycles. The molecule has 3 rings (SSSR count). The zero-order valence-electron chi connectivity index (χ0n) is 17.2. The molecular weight excluding hydrogens is 420 g/mol. The Bertz CT molecular complexity index is 1040. The van der Waals surface area contributed by atoms with Crippen molar-refractivity contribution in [1.29, 1.82) is 0 Å². The van der Waals surface area contributed by atoms with Crippen LogP contribution >= 0.6 is 11.9 Å². The van der Waals surface area contributed by atoms with Gasteiger partial charge in [0.25, 0.3) is 5.91 Å². The van der Waals surface area contributed by atoms with E-state index in [-0.39, 0.29) is 42.7 Å². The number of allylic oxidation sites excluding steroid dienone is 2. The minimum Gasteiger partial charge on any atom is -0.507 e. The Morgan fingerprint density at radius 3 is 2.87 bits per heavy atom. The fourth-order valence-electron chi connectivity index (χ4n) is 3.26. The average molecular weight is 442 g/mol. The molecule has 0 atom stereocenters. The van der Waals surface area contributed by atoms with Crippen molar-refractivity contribution in [2.75, 3.05) is 32.6 Å². The van der Waals surface area contributed by atoms with E-state index < -0.39 is 11.8 Å². The molecule has 1 aromatic carbocycles.